The molecular formula is C21H18ClN3O3. The van der Waals surface area contributed by atoms with Crippen LogP contribution in [0.1, 0.15) is 22.8 Å². The number of aromatic nitrogens is 2. The van der Waals surface area contributed by atoms with E-state index in [2.05, 4.69) is 9.97 Å². The average molecular weight is 396 g/mol. The fraction of sp³-hybridized carbons (Fsp3) is 0.190. The summed E-state index contributed by atoms with van der Waals surface area (Å²) in [4.78, 5) is 22.6. The highest BCUT2D eigenvalue weighted by Gasteiger charge is 2.31. The zero-order valence-electron chi connectivity index (χ0n) is 15.2. The number of halogens is 1. The van der Waals surface area contributed by atoms with E-state index in [9.17, 15) is 4.79 Å². The van der Waals surface area contributed by atoms with Crippen LogP contribution >= 0.6 is 11.6 Å². The lowest BCUT2D eigenvalue weighted by molar-refractivity contribution is 0.0987. The number of carbonyl (C=O) groups excluding carboxylic acids is 1. The Morgan fingerprint density at radius 2 is 1.89 bits per heavy atom. The highest BCUT2D eigenvalue weighted by Crippen LogP contribution is 2.31. The molecule has 7 heteroatoms. The molecule has 4 rings (SSSR count). The predicted molar refractivity (Wildman–Crippen MR) is 106 cm³/mol. The van der Waals surface area contributed by atoms with Crippen LogP contribution in [-0.2, 0) is 6.61 Å². The number of benzene rings is 2. The Balaban J connectivity index is 1.55. The van der Waals surface area contributed by atoms with E-state index in [-0.39, 0.29) is 28.6 Å². The van der Waals surface area contributed by atoms with E-state index >= 15 is 0 Å². The number of nitrogens with zero attached hydrogens (tertiary/aromatic N) is 3. The van der Waals surface area contributed by atoms with Crippen molar-refractivity contribution in [2.45, 2.75) is 19.6 Å². The van der Waals surface area contributed by atoms with Gasteiger partial charge in [0.1, 0.15) is 35.5 Å². The van der Waals surface area contributed by atoms with Gasteiger partial charge in [0, 0.05) is 5.69 Å². The number of ether oxygens (including phenoxy) is 2. The monoisotopic (exact) mass is 395 g/mol. The fourth-order valence-electron chi connectivity index (χ4n) is 3.01. The summed E-state index contributed by atoms with van der Waals surface area (Å²) in [5.74, 6) is 0.645. The second kappa shape index (κ2) is 7.86. The van der Waals surface area contributed by atoms with Crippen molar-refractivity contribution >= 4 is 23.2 Å². The van der Waals surface area contributed by atoms with Crippen LogP contribution in [0.5, 0.6) is 11.6 Å². The fourth-order valence-corrected chi connectivity index (χ4v) is 3.21. The molecule has 0 spiro atoms. The molecule has 2 heterocycles. The predicted octanol–water partition coefficient (Wildman–Crippen LogP) is 4.14. The van der Waals surface area contributed by atoms with Crippen molar-refractivity contribution in [3.8, 4) is 11.6 Å². The van der Waals surface area contributed by atoms with Gasteiger partial charge >= 0.3 is 0 Å². The van der Waals surface area contributed by atoms with Crippen molar-refractivity contribution in [1.82, 2.24) is 9.97 Å². The molecule has 3 aromatic rings. The molecule has 1 atom stereocenters. The normalized spacial score (nSPS) is 16.1. The Morgan fingerprint density at radius 3 is 2.64 bits per heavy atom. The van der Waals surface area contributed by atoms with E-state index in [0.29, 0.717) is 13.2 Å². The molecule has 0 radical (unpaired) electrons. The molecule has 142 valence electrons. The lowest BCUT2D eigenvalue weighted by atomic mass is 10.2. The van der Waals surface area contributed by atoms with Gasteiger partial charge in [-0.15, -0.1) is 0 Å². The van der Waals surface area contributed by atoms with E-state index in [4.69, 9.17) is 21.1 Å². The number of hydrogen-bond donors (Lipinski definition) is 0. The van der Waals surface area contributed by atoms with Gasteiger partial charge in [-0.2, -0.15) is 0 Å². The summed E-state index contributed by atoms with van der Waals surface area (Å²) in [5, 5.41) is 0.0805. The summed E-state index contributed by atoms with van der Waals surface area (Å²) in [7, 11) is 0. The molecule has 1 aliphatic heterocycles. The van der Waals surface area contributed by atoms with Crippen molar-refractivity contribution in [3.63, 3.8) is 0 Å². The third-order valence-electron chi connectivity index (χ3n) is 4.37. The molecule has 0 saturated carbocycles. The van der Waals surface area contributed by atoms with E-state index < -0.39 is 0 Å². The molecule has 1 aromatic heterocycles. The van der Waals surface area contributed by atoms with Gasteiger partial charge in [-0.05, 0) is 36.8 Å². The molecule has 28 heavy (non-hydrogen) atoms. The van der Waals surface area contributed by atoms with Crippen LogP contribution in [0.2, 0.25) is 5.15 Å². The molecule has 1 amide bonds. The smallest absolute Gasteiger partial charge is 0.267 e. The first-order valence-electron chi connectivity index (χ1n) is 8.87. The molecular weight excluding hydrogens is 378 g/mol. The van der Waals surface area contributed by atoms with Crippen LogP contribution in [0, 0.1) is 0 Å². The maximum Gasteiger partial charge on any atom is 0.267 e. The zero-order chi connectivity index (χ0) is 19.5. The second-order valence-electron chi connectivity index (χ2n) is 6.46. The Kier molecular flexibility index (Phi) is 5.12. The third-order valence-corrected chi connectivity index (χ3v) is 4.66. The Morgan fingerprint density at radius 1 is 1.14 bits per heavy atom. The van der Waals surface area contributed by atoms with Crippen LogP contribution in [0.15, 0.2) is 60.9 Å². The molecule has 0 fully saturated rings. The maximum atomic E-state index is 13.0. The third kappa shape index (κ3) is 3.77. The summed E-state index contributed by atoms with van der Waals surface area (Å²) < 4.78 is 11.6. The van der Waals surface area contributed by atoms with Crippen molar-refractivity contribution in [1.29, 1.82) is 0 Å². The van der Waals surface area contributed by atoms with E-state index in [1.165, 1.54) is 6.33 Å². The molecule has 0 aliphatic carbocycles. The van der Waals surface area contributed by atoms with E-state index in [1.54, 1.807) is 4.90 Å². The zero-order valence-corrected chi connectivity index (χ0v) is 16.0. The van der Waals surface area contributed by atoms with Crippen molar-refractivity contribution in [3.05, 3.63) is 77.2 Å². The van der Waals surface area contributed by atoms with Crippen LogP contribution < -0.4 is 14.4 Å². The van der Waals surface area contributed by atoms with Gasteiger partial charge in [0.2, 0.25) is 5.88 Å². The van der Waals surface area contributed by atoms with Crippen LogP contribution in [0.25, 0.3) is 0 Å². The van der Waals surface area contributed by atoms with E-state index in [0.717, 1.165) is 17.0 Å². The Bertz CT molecular complexity index is 980. The van der Waals surface area contributed by atoms with Gasteiger partial charge < -0.3 is 14.4 Å². The average Bonchev–Trinajstić information content (AvgIpc) is 2.84. The first-order chi connectivity index (χ1) is 13.6. The number of hydrogen-bond acceptors (Lipinski definition) is 5. The quantitative estimate of drug-likeness (QED) is 0.621. The number of anilines is 1. The first-order valence-corrected chi connectivity index (χ1v) is 9.25. The molecule has 1 unspecified atom stereocenters. The van der Waals surface area contributed by atoms with Crippen molar-refractivity contribution < 1.29 is 14.3 Å². The highest BCUT2D eigenvalue weighted by molar-refractivity contribution is 6.33. The minimum atomic E-state index is -0.289. The maximum absolute atomic E-state index is 13.0. The van der Waals surface area contributed by atoms with Crippen molar-refractivity contribution in [2.75, 3.05) is 11.4 Å². The Hall–Kier alpha value is -3.12. The van der Waals surface area contributed by atoms with Crippen LogP contribution in [0.3, 0.4) is 0 Å². The number of rotatable bonds is 4. The number of fused-ring (bicyclic) bond motifs is 1. The van der Waals surface area contributed by atoms with Gasteiger partial charge in [0.15, 0.2) is 0 Å². The molecule has 2 aromatic carbocycles. The molecule has 6 nitrogen and oxygen atoms in total. The molecule has 1 aliphatic rings. The van der Waals surface area contributed by atoms with Gasteiger partial charge in [0.25, 0.3) is 5.91 Å². The highest BCUT2D eigenvalue weighted by atomic mass is 35.5. The van der Waals surface area contributed by atoms with Crippen LogP contribution in [-0.4, -0.2) is 28.5 Å². The second-order valence-corrected chi connectivity index (χ2v) is 6.82. The summed E-state index contributed by atoms with van der Waals surface area (Å²) in [6.07, 6.45) is 1.04. The lowest BCUT2D eigenvalue weighted by Crippen LogP contribution is -2.35. The van der Waals surface area contributed by atoms with Crippen molar-refractivity contribution in [2.24, 2.45) is 0 Å². The minimum Gasteiger partial charge on any atom is -0.489 e. The SMILES string of the molecule is CC1CN(c2ccc(OCc3ccccc3)cc2)C(=O)c2c(Cl)ncnc2O1. The van der Waals surface area contributed by atoms with Gasteiger partial charge in [-0.25, -0.2) is 9.97 Å². The molecule has 0 bridgehead atoms. The van der Waals surface area contributed by atoms with Gasteiger partial charge in [0.05, 0.1) is 6.54 Å². The summed E-state index contributed by atoms with van der Waals surface area (Å²) >= 11 is 6.14. The van der Waals surface area contributed by atoms with E-state index in [1.807, 2.05) is 61.5 Å². The minimum absolute atomic E-state index is 0.0805. The topological polar surface area (TPSA) is 64.5 Å². The first kappa shape index (κ1) is 18.3. The largest absolute Gasteiger partial charge is 0.489 e. The lowest BCUT2D eigenvalue weighted by Gasteiger charge is -2.22. The molecule has 0 saturated heterocycles. The number of amides is 1. The molecule has 0 N–H and O–H groups in total. The summed E-state index contributed by atoms with van der Waals surface area (Å²) in [6, 6.07) is 17.3. The number of carbonyl (C=O) groups is 1. The standard InChI is InChI=1S/C21H18ClN3O3/c1-14-11-25(21(26)18-19(22)23-13-24-20(18)28-14)16-7-9-17(10-8-16)27-12-15-5-3-2-4-6-15/h2-10,13-14H,11-12H2,1H3. The summed E-state index contributed by atoms with van der Waals surface area (Å²) in [6.45, 7) is 2.73. The Labute approximate surface area is 167 Å². The van der Waals surface area contributed by atoms with Gasteiger partial charge in [-0.3, -0.25) is 4.79 Å². The summed E-state index contributed by atoms with van der Waals surface area (Å²) in [5.41, 5.74) is 1.99. The van der Waals surface area contributed by atoms with Crippen LogP contribution in [0.4, 0.5) is 5.69 Å². The van der Waals surface area contributed by atoms with Gasteiger partial charge in [-0.1, -0.05) is 41.9 Å².